The van der Waals surface area contributed by atoms with Gasteiger partial charge in [-0.05, 0) is 57.0 Å². The highest BCUT2D eigenvalue weighted by Gasteiger charge is 2.39. The minimum Gasteiger partial charge on any atom is -0.490 e. The van der Waals surface area contributed by atoms with Crippen LogP contribution in [0.2, 0.25) is 0 Å². The molecule has 1 unspecified atom stereocenters. The number of nitrogens with zero attached hydrogens (tertiary/aromatic N) is 1. The van der Waals surface area contributed by atoms with Crippen molar-refractivity contribution >= 4 is 15.9 Å². The van der Waals surface area contributed by atoms with Crippen molar-refractivity contribution in [3.05, 3.63) is 28.7 Å². The molecular weight excluding hydrogens is 278 g/mol. The van der Waals surface area contributed by atoms with Gasteiger partial charge in [0.15, 0.2) is 0 Å². The van der Waals surface area contributed by atoms with Crippen LogP contribution in [0.3, 0.4) is 0 Å². The summed E-state index contributed by atoms with van der Waals surface area (Å²) < 4.78 is 7.20. The highest BCUT2D eigenvalue weighted by molar-refractivity contribution is 9.10. The number of ether oxygens (including phenoxy) is 1. The Balaban J connectivity index is 1.65. The maximum atomic E-state index is 6.09. The van der Waals surface area contributed by atoms with Gasteiger partial charge in [0.05, 0.1) is 0 Å². The molecule has 3 rings (SSSR count). The highest BCUT2D eigenvalue weighted by Crippen LogP contribution is 2.35. The molecule has 2 bridgehead atoms. The first-order valence-electron chi connectivity index (χ1n) is 6.36. The molecule has 2 heterocycles. The van der Waals surface area contributed by atoms with Crippen molar-refractivity contribution in [3.8, 4) is 5.75 Å². The van der Waals surface area contributed by atoms with E-state index in [1.807, 2.05) is 24.3 Å². The first-order chi connectivity index (χ1) is 8.22. The fourth-order valence-electron chi connectivity index (χ4n) is 3.16. The molecule has 2 aliphatic rings. The average molecular weight is 296 g/mol. The van der Waals surface area contributed by atoms with Gasteiger partial charge in [-0.3, -0.25) is 0 Å². The Morgan fingerprint density at radius 3 is 2.29 bits per heavy atom. The fourth-order valence-corrected chi connectivity index (χ4v) is 3.43. The lowest BCUT2D eigenvalue weighted by Crippen LogP contribution is -2.43. The van der Waals surface area contributed by atoms with Crippen LogP contribution in [0.15, 0.2) is 28.7 Å². The number of hydrogen-bond donors (Lipinski definition) is 0. The lowest BCUT2D eigenvalue weighted by Gasteiger charge is -2.36. The fraction of sp³-hybridized carbons (Fsp3) is 0.571. The molecule has 2 nitrogen and oxygen atoms in total. The topological polar surface area (TPSA) is 12.5 Å². The predicted octanol–water partition coefficient (Wildman–Crippen LogP) is 3.45. The second-order valence-electron chi connectivity index (χ2n) is 5.22. The largest absolute Gasteiger partial charge is 0.490 e. The number of hydrogen-bond acceptors (Lipinski definition) is 2. The van der Waals surface area contributed by atoms with Crippen LogP contribution in [-0.4, -0.2) is 30.1 Å². The average Bonchev–Trinajstić information content (AvgIpc) is 2.55. The summed E-state index contributed by atoms with van der Waals surface area (Å²) in [6.07, 6.45) is 5.47. The Morgan fingerprint density at radius 2 is 1.71 bits per heavy atom. The van der Waals surface area contributed by atoms with Gasteiger partial charge in [-0.15, -0.1) is 0 Å². The van der Waals surface area contributed by atoms with Gasteiger partial charge >= 0.3 is 0 Å². The predicted molar refractivity (Wildman–Crippen MR) is 72.4 cm³/mol. The second kappa shape index (κ2) is 4.62. The van der Waals surface area contributed by atoms with Gasteiger partial charge in [0, 0.05) is 16.6 Å². The number of benzene rings is 1. The van der Waals surface area contributed by atoms with Gasteiger partial charge < -0.3 is 9.64 Å². The van der Waals surface area contributed by atoms with E-state index in [2.05, 4.69) is 27.9 Å². The van der Waals surface area contributed by atoms with Crippen LogP contribution in [0.5, 0.6) is 5.75 Å². The minimum absolute atomic E-state index is 0.407. The smallest absolute Gasteiger partial charge is 0.119 e. The van der Waals surface area contributed by atoms with E-state index < -0.39 is 0 Å². The van der Waals surface area contributed by atoms with Crippen LogP contribution < -0.4 is 4.74 Å². The van der Waals surface area contributed by atoms with Crippen molar-refractivity contribution in [2.45, 2.75) is 43.9 Å². The van der Waals surface area contributed by atoms with Gasteiger partial charge in [0.2, 0.25) is 0 Å². The Kier molecular flexibility index (Phi) is 3.14. The molecule has 0 radical (unpaired) electrons. The highest BCUT2D eigenvalue weighted by atomic mass is 79.9. The SMILES string of the molecule is CN1[C@@H]2CC[C@H]1CC(Oc1ccc(Br)cc1)C2. The first kappa shape index (κ1) is 11.5. The quantitative estimate of drug-likeness (QED) is 0.829. The molecule has 2 aliphatic heterocycles. The Labute approximate surface area is 111 Å². The zero-order chi connectivity index (χ0) is 11.8. The Hall–Kier alpha value is -0.540. The monoisotopic (exact) mass is 295 g/mol. The minimum atomic E-state index is 0.407. The normalized spacial score (nSPS) is 32.7. The van der Waals surface area contributed by atoms with Crippen molar-refractivity contribution < 1.29 is 4.74 Å². The molecule has 17 heavy (non-hydrogen) atoms. The van der Waals surface area contributed by atoms with Gasteiger partial charge in [-0.2, -0.15) is 0 Å². The van der Waals surface area contributed by atoms with Crippen LogP contribution in [-0.2, 0) is 0 Å². The van der Waals surface area contributed by atoms with Crippen molar-refractivity contribution in [1.29, 1.82) is 0 Å². The molecule has 3 heteroatoms. The van der Waals surface area contributed by atoms with Crippen molar-refractivity contribution in [2.24, 2.45) is 0 Å². The van der Waals surface area contributed by atoms with E-state index in [-0.39, 0.29) is 0 Å². The van der Waals surface area contributed by atoms with Crippen molar-refractivity contribution in [3.63, 3.8) is 0 Å². The summed E-state index contributed by atoms with van der Waals surface area (Å²) in [6.45, 7) is 0. The van der Waals surface area contributed by atoms with E-state index in [1.165, 1.54) is 25.7 Å². The zero-order valence-electron chi connectivity index (χ0n) is 10.1. The molecule has 0 amide bonds. The zero-order valence-corrected chi connectivity index (χ0v) is 11.7. The van der Waals surface area contributed by atoms with Gasteiger partial charge in [-0.25, -0.2) is 0 Å². The summed E-state index contributed by atoms with van der Waals surface area (Å²) in [4.78, 5) is 2.54. The summed E-state index contributed by atoms with van der Waals surface area (Å²) in [6, 6.07) is 9.66. The van der Waals surface area contributed by atoms with Gasteiger partial charge in [-0.1, -0.05) is 15.9 Å². The molecule has 92 valence electrons. The molecule has 1 aromatic rings. The second-order valence-corrected chi connectivity index (χ2v) is 6.13. The van der Waals surface area contributed by atoms with E-state index in [9.17, 15) is 0 Å². The summed E-state index contributed by atoms with van der Waals surface area (Å²) in [5.74, 6) is 1.00. The molecule has 2 saturated heterocycles. The van der Waals surface area contributed by atoms with E-state index in [4.69, 9.17) is 4.74 Å². The van der Waals surface area contributed by atoms with Crippen molar-refractivity contribution in [1.82, 2.24) is 4.90 Å². The Bertz CT molecular complexity index is 378. The molecule has 0 spiro atoms. The van der Waals surface area contributed by atoms with Crippen molar-refractivity contribution in [2.75, 3.05) is 7.05 Å². The molecule has 0 aliphatic carbocycles. The standard InChI is InChI=1S/C14H18BrNO/c1-16-11-4-5-12(16)9-14(8-11)17-13-6-2-10(15)3-7-13/h2-3,6-7,11-12,14H,4-5,8-9H2,1H3/t11-,12+,14?. The number of piperidine rings is 1. The molecular formula is C14H18BrNO. The maximum Gasteiger partial charge on any atom is 0.119 e. The third kappa shape index (κ3) is 2.36. The lowest BCUT2D eigenvalue weighted by atomic mass is 10.0. The number of fused-ring (bicyclic) bond motifs is 2. The van der Waals surface area contributed by atoms with E-state index in [0.717, 1.165) is 22.3 Å². The van der Waals surface area contributed by atoms with Gasteiger partial charge in [0.1, 0.15) is 11.9 Å². The first-order valence-corrected chi connectivity index (χ1v) is 7.16. The van der Waals surface area contributed by atoms with Crippen LogP contribution in [0.4, 0.5) is 0 Å². The molecule has 2 fully saturated rings. The number of halogens is 1. The van der Waals surface area contributed by atoms with Gasteiger partial charge in [0.25, 0.3) is 0 Å². The Morgan fingerprint density at radius 1 is 1.12 bits per heavy atom. The van der Waals surface area contributed by atoms with E-state index in [1.54, 1.807) is 0 Å². The van der Waals surface area contributed by atoms with Crippen LogP contribution in [0, 0.1) is 0 Å². The van der Waals surface area contributed by atoms with Crippen LogP contribution in [0.25, 0.3) is 0 Å². The maximum absolute atomic E-state index is 6.09. The van der Waals surface area contributed by atoms with E-state index >= 15 is 0 Å². The number of rotatable bonds is 2. The molecule has 0 saturated carbocycles. The molecule has 3 atom stereocenters. The summed E-state index contributed by atoms with van der Waals surface area (Å²) in [5.41, 5.74) is 0. The summed E-state index contributed by atoms with van der Waals surface area (Å²) in [5, 5.41) is 0. The molecule has 0 N–H and O–H groups in total. The summed E-state index contributed by atoms with van der Waals surface area (Å²) in [7, 11) is 2.26. The van der Waals surface area contributed by atoms with E-state index in [0.29, 0.717) is 6.10 Å². The molecule has 0 aromatic heterocycles. The molecule has 1 aromatic carbocycles. The van der Waals surface area contributed by atoms with Crippen LogP contribution >= 0.6 is 15.9 Å². The third-order valence-electron chi connectivity index (χ3n) is 4.17. The lowest BCUT2D eigenvalue weighted by molar-refractivity contribution is 0.0661. The summed E-state index contributed by atoms with van der Waals surface area (Å²) >= 11 is 3.45. The van der Waals surface area contributed by atoms with Crippen LogP contribution in [0.1, 0.15) is 25.7 Å². The third-order valence-corrected chi connectivity index (χ3v) is 4.70.